The lowest BCUT2D eigenvalue weighted by Gasteiger charge is -2.18. The van der Waals surface area contributed by atoms with Gasteiger partial charge in [0.25, 0.3) is 5.91 Å². The van der Waals surface area contributed by atoms with Crippen molar-refractivity contribution in [2.75, 3.05) is 24.2 Å². The van der Waals surface area contributed by atoms with E-state index in [2.05, 4.69) is 41.4 Å². The third-order valence-electron chi connectivity index (χ3n) is 6.88. The number of nitrogens with one attached hydrogen (secondary N) is 2. The van der Waals surface area contributed by atoms with Gasteiger partial charge in [-0.1, -0.05) is 77.5 Å². The maximum atomic E-state index is 12.8. The molecule has 44 heavy (non-hydrogen) atoms. The van der Waals surface area contributed by atoms with Crippen molar-refractivity contribution in [2.45, 2.75) is 100.0 Å². The summed E-state index contributed by atoms with van der Waals surface area (Å²) in [4.78, 5) is 23.6. The van der Waals surface area contributed by atoms with Crippen molar-refractivity contribution in [3.63, 3.8) is 0 Å². The predicted octanol–water partition coefficient (Wildman–Crippen LogP) is 10.3. The summed E-state index contributed by atoms with van der Waals surface area (Å²) in [5.41, 5.74) is 5.10. The highest BCUT2D eigenvalue weighted by atomic mass is 19.3. The number of benzene rings is 2. The molecule has 0 aliphatic heterocycles. The molecule has 2 rings (SSSR count). The Hall–Kier alpha value is -3.81. The van der Waals surface area contributed by atoms with Gasteiger partial charge in [0.1, 0.15) is 0 Å². The number of aliphatic imine (C=N–C) groups is 2. The molecule has 0 radical (unpaired) electrons. The Labute approximate surface area is 264 Å². The average Bonchev–Trinajstić information content (AvgIpc) is 3.01. The van der Waals surface area contributed by atoms with Crippen molar-refractivity contribution < 1.29 is 13.6 Å². The second-order valence-electron chi connectivity index (χ2n) is 10.8. The molecule has 0 atom stereocenters. The van der Waals surface area contributed by atoms with Crippen molar-refractivity contribution >= 4 is 34.4 Å². The number of allylic oxidation sites excluding steroid dienone is 2. The van der Waals surface area contributed by atoms with Crippen LogP contribution in [0.4, 0.5) is 20.2 Å². The molecule has 0 bridgehead atoms. The van der Waals surface area contributed by atoms with Crippen LogP contribution in [0.1, 0.15) is 108 Å². The van der Waals surface area contributed by atoms with Crippen molar-refractivity contribution in [1.82, 2.24) is 4.90 Å². The van der Waals surface area contributed by atoms with Crippen molar-refractivity contribution in [2.24, 2.45) is 9.98 Å². The predicted molar refractivity (Wildman–Crippen MR) is 186 cm³/mol. The van der Waals surface area contributed by atoms with Gasteiger partial charge in [0.15, 0.2) is 5.84 Å². The van der Waals surface area contributed by atoms with E-state index in [9.17, 15) is 13.6 Å². The fourth-order valence-electron chi connectivity index (χ4n) is 4.15. The molecule has 0 heterocycles. The number of amides is 1. The van der Waals surface area contributed by atoms with Crippen LogP contribution in [-0.4, -0.2) is 42.5 Å². The van der Waals surface area contributed by atoms with Crippen molar-refractivity contribution in [1.29, 1.82) is 0 Å². The van der Waals surface area contributed by atoms with Gasteiger partial charge < -0.3 is 15.5 Å². The highest BCUT2D eigenvalue weighted by Crippen LogP contribution is 2.19. The maximum Gasteiger partial charge on any atom is 0.312 e. The first-order valence-corrected chi connectivity index (χ1v) is 15.8. The highest BCUT2D eigenvalue weighted by molar-refractivity contribution is 6.45. The van der Waals surface area contributed by atoms with Crippen molar-refractivity contribution in [3.8, 4) is 0 Å². The highest BCUT2D eigenvalue weighted by Gasteiger charge is 2.14. The van der Waals surface area contributed by atoms with E-state index in [-0.39, 0.29) is 5.91 Å². The monoisotopic (exact) mass is 609 g/mol. The number of rotatable bonds is 15. The normalized spacial score (nSPS) is 12.3. The third kappa shape index (κ3) is 14.6. The number of alkyl halides is 2. The van der Waals surface area contributed by atoms with E-state index < -0.39 is 6.55 Å². The minimum absolute atomic E-state index is 0.0108. The summed E-state index contributed by atoms with van der Waals surface area (Å²) in [7, 11) is 1.83. The second kappa shape index (κ2) is 21.8. The van der Waals surface area contributed by atoms with E-state index in [0.29, 0.717) is 22.8 Å². The molecule has 0 aliphatic carbocycles. The lowest BCUT2D eigenvalue weighted by Crippen LogP contribution is -2.28. The molecule has 0 saturated carbocycles. The van der Waals surface area contributed by atoms with Crippen LogP contribution in [0.2, 0.25) is 0 Å². The molecule has 2 aromatic carbocycles. The lowest BCUT2D eigenvalue weighted by molar-refractivity contribution is 0.0792. The zero-order chi connectivity index (χ0) is 32.9. The number of hydrogen-bond donors (Lipinski definition) is 2. The fourth-order valence-corrected chi connectivity index (χ4v) is 4.15. The molecule has 6 nitrogen and oxygen atoms in total. The van der Waals surface area contributed by atoms with Crippen LogP contribution in [0.3, 0.4) is 0 Å². The Kier molecular flexibility index (Phi) is 18.9. The van der Waals surface area contributed by atoms with E-state index in [0.717, 1.165) is 41.8 Å². The molecule has 8 heteroatoms. The SMILES string of the molecule is C/C=C\N=C(Nc1ccc(C(=O)N(C)CCCC)c(C)c1)C(C)=N/C=C(\C)c1ccc(NC(F)F)cc1.CCCCCCC. The first-order chi connectivity index (χ1) is 21.1. The number of halogens is 2. The molecular weight excluding hydrogens is 556 g/mol. The molecule has 0 fully saturated rings. The molecule has 0 aromatic heterocycles. The second-order valence-corrected chi connectivity index (χ2v) is 10.8. The third-order valence-corrected chi connectivity index (χ3v) is 6.88. The Bertz CT molecular complexity index is 1250. The largest absolute Gasteiger partial charge is 0.342 e. The Morgan fingerprint density at radius 3 is 2.07 bits per heavy atom. The van der Waals surface area contributed by atoms with E-state index >= 15 is 0 Å². The van der Waals surface area contributed by atoms with Crippen LogP contribution in [0, 0.1) is 6.92 Å². The van der Waals surface area contributed by atoms with Crippen LogP contribution in [0.25, 0.3) is 5.57 Å². The molecule has 0 unspecified atom stereocenters. The lowest BCUT2D eigenvalue weighted by atomic mass is 10.1. The molecule has 0 saturated heterocycles. The number of anilines is 2. The van der Waals surface area contributed by atoms with Gasteiger partial charge in [-0.25, -0.2) is 4.99 Å². The van der Waals surface area contributed by atoms with Crippen molar-refractivity contribution in [3.05, 3.63) is 77.6 Å². The summed E-state index contributed by atoms with van der Waals surface area (Å²) in [6.07, 6.45) is 14.2. The van der Waals surface area contributed by atoms with E-state index in [1.807, 2.05) is 59.0 Å². The van der Waals surface area contributed by atoms with E-state index in [1.165, 1.54) is 32.1 Å². The molecule has 1 amide bonds. The number of unbranched alkanes of at least 4 members (excludes halogenated alkanes) is 5. The minimum Gasteiger partial charge on any atom is -0.342 e. The summed E-state index contributed by atoms with van der Waals surface area (Å²) in [6.45, 7) is 12.3. The summed E-state index contributed by atoms with van der Waals surface area (Å²) >= 11 is 0. The standard InChI is InChI=1S/C29H37F2N5O.C7H16/c1-7-9-17-36(6)28(37)26-15-14-25(18-20(26)3)34-27(32-16-8-2)22(5)33-19-21(4)23-10-12-24(13-11-23)35-29(30)31;1-3-5-7-6-4-2/h8,10-16,18-19,29,35H,7,9,17H2,1-6H3,(H,32,34);3-7H2,1-2H3/b16-8-,21-19+,33-22?;. The van der Waals surface area contributed by atoms with Crippen LogP contribution in [-0.2, 0) is 0 Å². The number of amidine groups is 1. The van der Waals surface area contributed by atoms with Crippen LogP contribution >= 0.6 is 0 Å². The first-order valence-electron chi connectivity index (χ1n) is 15.8. The fraction of sp³-hybridized carbons (Fsp3) is 0.472. The Morgan fingerprint density at radius 1 is 0.909 bits per heavy atom. The van der Waals surface area contributed by atoms with Crippen LogP contribution < -0.4 is 10.6 Å². The van der Waals surface area contributed by atoms with Gasteiger partial charge in [-0.05, 0) is 81.1 Å². The van der Waals surface area contributed by atoms with Gasteiger partial charge in [0.2, 0.25) is 0 Å². The van der Waals surface area contributed by atoms with Gasteiger partial charge in [0, 0.05) is 42.9 Å². The molecule has 0 aliphatic rings. The Balaban J connectivity index is 0.00000123. The van der Waals surface area contributed by atoms with E-state index in [4.69, 9.17) is 0 Å². The summed E-state index contributed by atoms with van der Waals surface area (Å²) in [5.74, 6) is 0.578. The zero-order valence-corrected chi connectivity index (χ0v) is 28.0. The van der Waals surface area contributed by atoms with Gasteiger partial charge in [0.05, 0.1) is 5.71 Å². The van der Waals surface area contributed by atoms with Crippen LogP contribution in [0.15, 0.2) is 70.9 Å². The molecule has 2 aromatic rings. The zero-order valence-electron chi connectivity index (χ0n) is 28.0. The molecular formula is C36H53F2N5O. The molecule has 0 spiro atoms. The van der Waals surface area contributed by atoms with Gasteiger partial charge in [-0.2, -0.15) is 8.78 Å². The number of carbonyl (C=O) groups is 1. The summed E-state index contributed by atoms with van der Waals surface area (Å²) in [5, 5.41) is 5.38. The topological polar surface area (TPSA) is 69.1 Å². The molecule has 2 N–H and O–H groups in total. The van der Waals surface area contributed by atoms with Gasteiger partial charge in [-0.3, -0.25) is 9.79 Å². The van der Waals surface area contributed by atoms with Gasteiger partial charge in [-0.15, -0.1) is 0 Å². The maximum absolute atomic E-state index is 12.8. The Morgan fingerprint density at radius 2 is 1.52 bits per heavy atom. The van der Waals surface area contributed by atoms with Gasteiger partial charge >= 0.3 is 6.55 Å². The quantitative estimate of drug-likeness (QED) is 0.0913. The molecule has 242 valence electrons. The number of aryl methyl sites for hydroxylation is 1. The average molecular weight is 610 g/mol. The summed E-state index contributed by atoms with van der Waals surface area (Å²) in [6, 6.07) is 12.4. The van der Waals surface area contributed by atoms with Crippen LogP contribution in [0.5, 0.6) is 0 Å². The number of hydrogen-bond acceptors (Lipinski definition) is 4. The summed E-state index contributed by atoms with van der Waals surface area (Å²) < 4.78 is 25.0. The number of carbonyl (C=O) groups excluding carboxylic acids is 1. The first kappa shape index (κ1) is 38.2. The van der Waals surface area contributed by atoms with E-state index in [1.54, 1.807) is 41.6 Å². The minimum atomic E-state index is -2.61. The number of nitrogens with zero attached hydrogens (tertiary/aromatic N) is 3. The smallest absolute Gasteiger partial charge is 0.312 e.